The van der Waals surface area contributed by atoms with E-state index in [1.165, 1.54) is 180 Å². The Labute approximate surface area is 391 Å². The number of unbranched alkanes of at least 4 members (excludes halogenated alkanes) is 33. The zero-order valence-electron chi connectivity index (χ0n) is 42.1. The highest BCUT2D eigenvalue weighted by Gasteiger charge is 2.19. The van der Waals surface area contributed by atoms with Gasteiger partial charge < -0.3 is 14.2 Å². The molecule has 0 amide bonds. The van der Waals surface area contributed by atoms with Crippen LogP contribution in [0.25, 0.3) is 0 Å². The summed E-state index contributed by atoms with van der Waals surface area (Å²) in [7, 11) is 0. The Morgan fingerprint density at radius 1 is 0.317 bits per heavy atom. The molecule has 0 aromatic carbocycles. The molecule has 0 heterocycles. The van der Waals surface area contributed by atoms with Crippen molar-refractivity contribution in [2.24, 2.45) is 0 Å². The Bertz CT molecular complexity index is 1060. The molecule has 1 atom stereocenters. The normalized spacial score (nSPS) is 12.2. The van der Waals surface area contributed by atoms with Gasteiger partial charge in [0.2, 0.25) is 0 Å². The van der Waals surface area contributed by atoms with Gasteiger partial charge in [0.15, 0.2) is 6.10 Å². The van der Waals surface area contributed by atoms with Crippen molar-refractivity contribution in [1.82, 2.24) is 0 Å². The van der Waals surface area contributed by atoms with E-state index in [4.69, 9.17) is 14.2 Å². The van der Waals surface area contributed by atoms with Crippen molar-refractivity contribution in [3.05, 3.63) is 36.5 Å². The molecule has 0 aliphatic rings. The van der Waals surface area contributed by atoms with Gasteiger partial charge in [-0.3, -0.25) is 14.4 Å². The van der Waals surface area contributed by atoms with E-state index in [1.54, 1.807) is 0 Å². The lowest BCUT2D eigenvalue weighted by atomic mass is 10.1. The summed E-state index contributed by atoms with van der Waals surface area (Å²) in [5.74, 6) is -0.874. The van der Waals surface area contributed by atoms with Gasteiger partial charge in [0.25, 0.3) is 0 Å². The molecular weight excluding hydrogens is 781 g/mol. The highest BCUT2D eigenvalue weighted by Crippen LogP contribution is 2.16. The average Bonchev–Trinajstić information content (AvgIpc) is 3.28. The van der Waals surface area contributed by atoms with E-state index in [-0.39, 0.29) is 31.1 Å². The monoisotopic (exact) mass is 885 g/mol. The first-order chi connectivity index (χ1) is 31.0. The van der Waals surface area contributed by atoms with Crippen LogP contribution in [0, 0.1) is 0 Å². The zero-order chi connectivity index (χ0) is 45.8. The summed E-state index contributed by atoms with van der Waals surface area (Å²) < 4.78 is 16.8. The standard InChI is InChI=1S/C57H104O6/c1-4-7-10-13-16-19-22-24-26-27-28-29-31-33-36-39-42-45-48-51-57(60)63-54(52-61-55(58)49-46-43-40-37-34-21-18-15-12-9-6-3)53-62-56(59)50-47-44-41-38-35-32-30-25-23-20-17-14-11-8-5-2/h16,19,24-26,30,54H,4-15,17-18,20-23,27-29,31-53H2,1-3H3/b19-16-,26-24-,30-25-/t54-/m0/s1. The highest BCUT2D eigenvalue weighted by atomic mass is 16.6. The van der Waals surface area contributed by atoms with Crippen LogP contribution in [0.15, 0.2) is 36.5 Å². The van der Waals surface area contributed by atoms with Crippen molar-refractivity contribution in [2.45, 2.75) is 297 Å². The summed E-state index contributed by atoms with van der Waals surface area (Å²) in [5, 5.41) is 0. The molecule has 0 aromatic heterocycles. The first-order valence-corrected chi connectivity index (χ1v) is 27.5. The summed E-state index contributed by atoms with van der Waals surface area (Å²) in [6.07, 6.45) is 61.3. The van der Waals surface area contributed by atoms with Crippen LogP contribution < -0.4 is 0 Å². The van der Waals surface area contributed by atoms with Crippen LogP contribution in [-0.2, 0) is 28.6 Å². The molecule has 63 heavy (non-hydrogen) atoms. The van der Waals surface area contributed by atoms with Crippen LogP contribution in [0.5, 0.6) is 0 Å². The average molecular weight is 885 g/mol. The van der Waals surface area contributed by atoms with E-state index in [2.05, 4.69) is 57.2 Å². The molecule has 0 aromatic rings. The number of hydrogen-bond acceptors (Lipinski definition) is 6. The van der Waals surface area contributed by atoms with Crippen molar-refractivity contribution in [1.29, 1.82) is 0 Å². The molecule has 0 saturated carbocycles. The molecule has 368 valence electrons. The molecule has 0 bridgehead atoms. The summed E-state index contributed by atoms with van der Waals surface area (Å²) >= 11 is 0. The molecule has 0 radical (unpaired) electrons. The lowest BCUT2D eigenvalue weighted by Gasteiger charge is -2.18. The second-order valence-corrected chi connectivity index (χ2v) is 18.5. The molecule has 0 aliphatic carbocycles. The minimum Gasteiger partial charge on any atom is -0.462 e. The predicted octanol–water partition coefficient (Wildman–Crippen LogP) is 18.1. The van der Waals surface area contributed by atoms with E-state index >= 15 is 0 Å². The number of carbonyl (C=O) groups is 3. The lowest BCUT2D eigenvalue weighted by molar-refractivity contribution is -0.167. The number of rotatable bonds is 50. The fourth-order valence-corrected chi connectivity index (χ4v) is 7.94. The first kappa shape index (κ1) is 60.6. The summed E-state index contributed by atoms with van der Waals surface area (Å²) in [6.45, 7) is 6.62. The SMILES string of the molecule is CCCCC/C=C\C/C=C\CCCCCCCCCCCC(=O)O[C@H](COC(=O)CCCCCCC/C=C\CCCCCCCC)COC(=O)CCCCCCCCCCCCC. The molecule has 0 saturated heterocycles. The fraction of sp³-hybridized carbons (Fsp3) is 0.842. The minimum atomic E-state index is -0.774. The van der Waals surface area contributed by atoms with Gasteiger partial charge in [-0.1, -0.05) is 231 Å². The zero-order valence-corrected chi connectivity index (χ0v) is 42.1. The number of esters is 3. The van der Waals surface area contributed by atoms with Gasteiger partial charge in [0, 0.05) is 19.3 Å². The maximum Gasteiger partial charge on any atom is 0.306 e. The maximum atomic E-state index is 12.8. The molecule has 0 spiro atoms. The van der Waals surface area contributed by atoms with E-state index in [1.807, 2.05) is 0 Å². The van der Waals surface area contributed by atoms with Crippen molar-refractivity contribution in [3.63, 3.8) is 0 Å². The third kappa shape index (κ3) is 50.5. The molecule has 0 aliphatic heterocycles. The summed E-state index contributed by atoms with van der Waals surface area (Å²) in [5.41, 5.74) is 0. The van der Waals surface area contributed by atoms with Crippen molar-refractivity contribution in [3.8, 4) is 0 Å². The molecule has 6 nitrogen and oxygen atoms in total. The van der Waals surface area contributed by atoms with Crippen LogP contribution >= 0.6 is 0 Å². The third-order valence-corrected chi connectivity index (χ3v) is 12.1. The lowest BCUT2D eigenvalue weighted by Crippen LogP contribution is -2.30. The Hall–Kier alpha value is -2.37. The van der Waals surface area contributed by atoms with Crippen LogP contribution in [0.1, 0.15) is 290 Å². The molecule has 0 unspecified atom stereocenters. The number of allylic oxidation sites excluding steroid dienone is 6. The summed E-state index contributed by atoms with van der Waals surface area (Å²) in [4.78, 5) is 38.0. The quantitative estimate of drug-likeness (QED) is 0.0262. The van der Waals surface area contributed by atoms with Gasteiger partial charge in [-0.15, -0.1) is 0 Å². The van der Waals surface area contributed by atoms with Crippen LogP contribution in [0.4, 0.5) is 0 Å². The number of hydrogen-bond donors (Lipinski definition) is 0. The highest BCUT2D eigenvalue weighted by molar-refractivity contribution is 5.71. The van der Waals surface area contributed by atoms with E-state index in [9.17, 15) is 14.4 Å². The van der Waals surface area contributed by atoms with Crippen LogP contribution in [0.2, 0.25) is 0 Å². The first-order valence-electron chi connectivity index (χ1n) is 27.5. The second-order valence-electron chi connectivity index (χ2n) is 18.5. The summed E-state index contributed by atoms with van der Waals surface area (Å²) in [6, 6.07) is 0. The van der Waals surface area contributed by atoms with E-state index < -0.39 is 6.10 Å². The molecular formula is C57H104O6. The Balaban J connectivity index is 4.33. The van der Waals surface area contributed by atoms with E-state index in [0.29, 0.717) is 19.3 Å². The van der Waals surface area contributed by atoms with Crippen LogP contribution in [0.3, 0.4) is 0 Å². The Morgan fingerprint density at radius 3 is 0.921 bits per heavy atom. The van der Waals surface area contributed by atoms with Crippen LogP contribution in [-0.4, -0.2) is 37.2 Å². The van der Waals surface area contributed by atoms with Gasteiger partial charge in [-0.05, 0) is 77.0 Å². The van der Waals surface area contributed by atoms with Gasteiger partial charge >= 0.3 is 17.9 Å². The number of carbonyl (C=O) groups excluding carboxylic acids is 3. The molecule has 6 heteroatoms. The van der Waals surface area contributed by atoms with Gasteiger partial charge in [-0.25, -0.2) is 0 Å². The largest absolute Gasteiger partial charge is 0.462 e. The Morgan fingerprint density at radius 2 is 0.571 bits per heavy atom. The van der Waals surface area contributed by atoms with Crippen molar-refractivity contribution >= 4 is 17.9 Å². The smallest absolute Gasteiger partial charge is 0.306 e. The number of ether oxygens (including phenoxy) is 3. The third-order valence-electron chi connectivity index (χ3n) is 12.1. The fourth-order valence-electron chi connectivity index (χ4n) is 7.94. The van der Waals surface area contributed by atoms with Gasteiger partial charge in [0.1, 0.15) is 13.2 Å². The second kappa shape index (κ2) is 52.3. The van der Waals surface area contributed by atoms with Crippen molar-refractivity contribution < 1.29 is 28.6 Å². The topological polar surface area (TPSA) is 78.9 Å². The van der Waals surface area contributed by atoms with Crippen molar-refractivity contribution in [2.75, 3.05) is 13.2 Å². The van der Waals surface area contributed by atoms with Gasteiger partial charge in [-0.2, -0.15) is 0 Å². The minimum absolute atomic E-state index is 0.0733. The maximum absolute atomic E-state index is 12.8. The predicted molar refractivity (Wildman–Crippen MR) is 270 cm³/mol. The molecule has 0 fully saturated rings. The van der Waals surface area contributed by atoms with E-state index in [0.717, 1.165) is 70.6 Å². The molecule has 0 rings (SSSR count). The Kier molecular flexibility index (Phi) is 50.3. The van der Waals surface area contributed by atoms with Gasteiger partial charge in [0.05, 0.1) is 0 Å². The molecule has 0 N–H and O–H groups in total.